The average molecular weight is 298 g/mol. The van der Waals surface area contributed by atoms with Crippen molar-refractivity contribution in [3.63, 3.8) is 0 Å². The Bertz CT molecular complexity index is 430. The van der Waals surface area contributed by atoms with Crippen molar-refractivity contribution in [2.24, 2.45) is 0 Å². The summed E-state index contributed by atoms with van der Waals surface area (Å²) < 4.78 is 4.88. The minimum atomic E-state index is -0.267. The quantitative estimate of drug-likeness (QED) is 0.644. The predicted octanol–water partition coefficient (Wildman–Crippen LogP) is 2.15. The van der Waals surface area contributed by atoms with Gasteiger partial charge in [-0.2, -0.15) is 0 Å². The normalized spacial score (nSPS) is 13.9. The number of nitrogens with zero attached hydrogens (tertiary/aromatic N) is 1. The summed E-state index contributed by atoms with van der Waals surface area (Å²) >= 11 is 7.10. The second-order valence-corrected chi connectivity index (χ2v) is 5.82. The Morgan fingerprint density at radius 1 is 1.63 bits per heavy atom. The molecule has 1 aromatic heterocycles. The third kappa shape index (κ3) is 4.47. The van der Waals surface area contributed by atoms with E-state index < -0.39 is 0 Å². The minimum Gasteiger partial charge on any atom is -0.465 e. The van der Waals surface area contributed by atoms with Crippen LogP contribution in [0.1, 0.15) is 24.6 Å². The molecule has 0 radical (unpaired) electrons. The van der Waals surface area contributed by atoms with Gasteiger partial charge >= 0.3 is 5.97 Å². The lowest BCUT2D eigenvalue weighted by Crippen LogP contribution is -2.42. The molecule has 0 spiro atoms. The molecule has 4 nitrogen and oxygen atoms in total. The first-order valence-electron chi connectivity index (χ1n) is 6.43. The zero-order valence-corrected chi connectivity index (χ0v) is 12.6. The lowest BCUT2D eigenvalue weighted by Gasteiger charge is -2.25. The van der Waals surface area contributed by atoms with Crippen molar-refractivity contribution in [1.82, 2.24) is 10.2 Å². The highest BCUT2D eigenvalue weighted by atomic mass is 32.1. The fraction of sp³-hybridized carbons (Fsp3) is 0.538. The van der Waals surface area contributed by atoms with Crippen LogP contribution in [0.4, 0.5) is 0 Å². The van der Waals surface area contributed by atoms with Crippen LogP contribution < -0.4 is 5.32 Å². The van der Waals surface area contributed by atoms with Gasteiger partial charge in [-0.25, -0.2) is 0 Å². The van der Waals surface area contributed by atoms with E-state index in [1.54, 1.807) is 18.3 Å². The number of nitrogens with one attached hydrogen (secondary N) is 1. The van der Waals surface area contributed by atoms with Crippen LogP contribution in [-0.2, 0) is 16.1 Å². The van der Waals surface area contributed by atoms with Gasteiger partial charge in [-0.15, -0.1) is 11.3 Å². The summed E-state index contributed by atoms with van der Waals surface area (Å²) in [6, 6.07) is 4.66. The van der Waals surface area contributed by atoms with Crippen molar-refractivity contribution in [3.8, 4) is 0 Å². The van der Waals surface area contributed by atoms with Crippen molar-refractivity contribution in [3.05, 3.63) is 22.4 Å². The van der Waals surface area contributed by atoms with Crippen LogP contribution in [0.2, 0.25) is 0 Å². The first-order chi connectivity index (χ1) is 9.20. The van der Waals surface area contributed by atoms with E-state index >= 15 is 0 Å². The zero-order chi connectivity index (χ0) is 13.7. The number of ether oxygens (including phenoxy) is 1. The van der Waals surface area contributed by atoms with Crippen LogP contribution in [0, 0.1) is 0 Å². The van der Waals surface area contributed by atoms with Crippen LogP contribution in [0.25, 0.3) is 0 Å². The third-order valence-electron chi connectivity index (χ3n) is 2.84. The fourth-order valence-corrected chi connectivity index (χ4v) is 2.77. The molecule has 0 amide bonds. The number of hydrogen-bond donors (Lipinski definition) is 1. The molecule has 1 saturated carbocycles. The Morgan fingerprint density at radius 3 is 3.00 bits per heavy atom. The molecule has 1 heterocycles. The van der Waals surface area contributed by atoms with E-state index in [2.05, 4.69) is 21.7 Å². The van der Waals surface area contributed by atoms with Gasteiger partial charge in [-0.3, -0.25) is 4.79 Å². The van der Waals surface area contributed by atoms with Gasteiger partial charge in [0.15, 0.2) is 5.11 Å². The number of hydrogen-bond acceptors (Lipinski definition) is 4. The Kier molecular flexibility index (Phi) is 5.15. The van der Waals surface area contributed by atoms with Gasteiger partial charge in [0, 0.05) is 10.9 Å². The smallest absolute Gasteiger partial charge is 0.325 e. The number of thiophene rings is 1. The van der Waals surface area contributed by atoms with E-state index in [4.69, 9.17) is 17.0 Å². The van der Waals surface area contributed by atoms with Crippen LogP contribution >= 0.6 is 23.6 Å². The van der Waals surface area contributed by atoms with Gasteiger partial charge in [-0.05, 0) is 43.4 Å². The van der Waals surface area contributed by atoms with Gasteiger partial charge in [0.25, 0.3) is 0 Å². The molecule has 1 aliphatic carbocycles. The molecule has 1 N–H and O–H groups in total. The highest BCUT2D eigenvalue weighted by Crippen LogP contribution is 2.29. The molecule has 1 aliphatic rings. The maximum Gasteiger partial charge on any atom is 0.325 e. The van der Waals surface area contributed by atoms with E-state index in [-0.39, 0.29) is 12.5 Å². The van der Waals surface area contributed by atoms with Gasteiger partial charge in [-0.1, -0.05) is 6.07 Å². The first kappa shape index (κ1) is 14.3. The van der Waals surface area contributed by atoms with E-state index in [1.165, 1.54) is 17.7 Å². The number of carbonyl (C=O) groups excluding carboxylic acids is 1. The highest BCUT2D eigenvalue weighted by Gasteiger charge is 2.31. The molecule has 2 rings (SSSR count). The third-order valence-corrected chi connectivity index (χ3v) is 4.08. The zero-order valence-electron chi connectivity index (χ0n) is 10.9. The van der Waals surface area contributed by atoms with Gasteiger partial charge in [0.05, 0.1) is 13.2 Å². The summed E-state index contributed by atoms with van der Waals surface area (Å²) in [7, 11) is 0. The predicted molar refractivity (Wildman–Crippen MR) is 80.1 cm³/mol. The largest absolute Gasteiger partial charge is 0.465 e. The Labute approximate surface area is 122 Å². The molecule has 104 valence electrons. The molecule has 1 aromatic rings. The van der Waals surface area contributed by atoms with Crippen LogP contribution in [0.3, 0.4) is 0 Å². The highest BCUT2D eigenvalue weighted by molar-refractivity contribution is 7.80. The molecule has 0 atom stereocenters. The number of esters is 1. The Balaban J connectivity index is 1.84. The lowest BCUT2D eigenvalue weighted by molar-refractivity contribution is -0.141. The van der Waals surface area contributed by atoms with Gasteiger partial charge < -0.3 is 15.0 Å². The summed E-state index contributed by atoms with van der Waals surface area (Å²) in [6.07, 6.45) is 2.35. The van der Waals surface area contributed by atoms with Crippen LogP contribution in [-0.4, -0.2) is 35.2 Å². The minimum absolute atomic E-state index is 0.139. The van der Waals surface area contributed by atoms with E-state index in [1.807, 2.05) is 6.07 Å². The summed E-state index contributed by atoms with van der Waals surface area (Å²) in [5.41, 5.74) is 0. The maximum absolute atomic E-state index is 11.3. The molecule has 6 heteroatoms. The van der Waals surface area contributed by atoms with Crippen molar-refractivity contribution >= 4 is 34.6 Å². The van der Waals surface area contributed by atoms with Crippen molar-refractivity contribution in [1.29, 1.82) is 0 Å². The van der Waals surface area contributed by atoms with Gasteiger partial charge in [0.2, 0.25) is 0 Å². The molecular weight excluding hydrogens is 280 g/mol. The maximum atomic E-state index is 11.3. The fourth-order valence-electron chi connectivity index (χ4n) is 1.78. The van der Waals surface area contributed by atoms with E-state index in [0.29, 0.717) is 17.8 Å². The molecule has 19 heavy (non-hydrogen) atoms. The van der Waals surface area contributed by atoms with E-state index in [9.17, 15) is 4.79 Å². The summed E-state index contributed by atoms with van der Waals surface area (Å²) in [5.74, 6) is -0.267. The lowest BCUT2D eigenvalue weighted by atomic mass is 10.4. The number of rotatable bonds is 6. The number of carbonyl (C=O) groups is 1. The second-order valence-electron chi connectivity index (χ2n) is 4.40. The molecule has 1 fully saturated rings. The monoisotopic (exact) mass is 298 g/mol. The SMILES string of the molecule is CCOC(=O)CNC(=S)N(Cc1cccs1)C1CC1. The standard InChI is InChI=1S/C13H18N2O2S2/c1-2-17-12(16)8-14-13(18)15(10-5-6-10)9-11-4-3-7-19-11/h3-4,7,10H,2,5-6,8-9H2,1H3,(H,14,18). The Morgan fingerprint density at radius 2 is 2.42 bits per heavy atom. The first-order valence-corrected chi connectivity index (χ1v) is 7.72. The van der Waals surface area contributed by atoms with Gasteiger partial charge in [0.1, 0.15) is 6.54 Å². The molecule has 0 bridgehead atoms. The summed E-state index contributed by atoms with van der Waals surface area (Å²) in [6.45, 7) is 3.15. The topological polar surface area (TPSA) is 41.6 Å². The Hall–Kier alpha value is -1.14. The van der Waals surface area contributed by atoms with Crippen LogP contribution in [0.15, 0.2) is 17.5 Å². The summed E-state index contributed by atoms with van der Waals surface area (Å²) in [4.78, 5) is 14.8. The van der Waals surface area contributed by atoms with Crippen molar-refractivity contribution < 1.29 is 9.53 Å². The number of thiocarbonyl (C=S) groups is 1. The second kappa shape index (κ2) is 6.86. The van der Waals surface area contributed by atoms with Crippen LogP contribution in [0.5, 0.6) is 0 Å². The molecule has 0 unspecified atom stereocenters. The molecule has 0 saturated heterocycles. The average Bonchev–Trinajstić information content (AvgIpc) is 3.10. The van der Waals surface area contributed by atoms with Crippen molar-refractivity contribution in [2.45, 2.75) is 32.4 Å². The van der Waals surface area contributed by atoms with Crippen molar-refractivity contribution in [2.75, 3.05) is 13.2 Å². The molecule has 0 aliphatic heterocycles. The van der Waals surface area contributed by atoms with E-state index in [0.717, 1.165) is 6.54 Å². The summed E-state index contributed by atoms with van der Waals surface area (Å²) in [5, 5.41) is 5.70. The molecular formula is C13H18N2O2S2. The molecule has 0 aromatic carbocycles.